The Morgan fingerprint density at radius 2 is 2.23 bits per heavy atom. The van der Waals surface area contributed by atoms with Crippen molar-refractivity contribution in [3.05, 3.63) is 70.5 Å². The van der Waals surface area contributed by atoms with Crippen LogP contribution < -0.4 is 5.32 Å². The first-order chi connectivity index (χ1) is 10.6. The minimum Gasteiger partial charge on any atom is -0.385 e. The molecule has 1 heterocycles. The second kappa shape index (κ2) is 7.73. The van der Waals surface area contributed by atoms with Gasteiger partial charge in [0.25, 0.3) is 0 Å². The fraction of sp³-hybridized carbons (Fsp3) is 0.176. The quantitative estimate of drug-likeness (QED) is 0.834. The molecule has 0 saturated heterocycles. The first-order valence-electron chi connectivity index (χ1n) is 6.87. The van der Waals surface area contributed by atoms with Crippen LogP contribution in [0.4, 0.5) is 0 Å². The largest absolute Gasteiger partial charge is 0.385 e. The van der Waals surface area contributed by atoms with Crippen LogP contribution in [0, 0.1) is 6.92 Å². The maximum Gasteiger partial charge on any atom is 0.244 e. The van der Waals surface area contributed by atoms with Gasteiger partial charge in [-0.3, -0.25) is 9.78 Å². The lowest BCUT2D eigenvalue weighted by atomic mass is 10.1. The molecule has 0 fully saturated rings. The van der Waals surface area contributed by atoms with Crippen LogP contribution in [0.3, 0.4) is 0 Å². The van der Waals surface area contributed by atoms with E-state index in [0.717, 1.165) is 11.1 Å². The van der Waals surface area contributed by atoms with Gasteiger partial charge in [-0.15, -0.1) is 0 Å². The highest BCUT2D eigenvalue weighted by Gasteiger charge is 2.08. The molecule has 0 saturated carbocycles. The summed E-state index contributed by atoms with van der Waals surface area (Å²) in [5, 5.41) is 13.2. The number of hydrogen-bond acceptors (Lipinski definition) is 3. The van der Waals surface area contributed by atoms with Crippen LogP contribution in [0.15, 0.2) is 48.7 Å². The Balaban J connectivity index is 1.87. The summed E-state index contributed by atoms with van der Waals surface area (Å²) < 4.78 is 0. The maximum atomic E-state index is 11.7. The summed E-state index contributed by atoms with van der Waals surface area (Å²) in [6.07, 6.45) is 3.86. The number of nitrogens with one attached hydrogen (secondary N) is 1. The van der Waals surface area contributed by atoms with E-state index in [-0.39, 0.29) is 12.5 Å². The molecule has 0 spiro atoms. The average molecular weight is 317 g/mol. The average Bonchev–Trinajstić information content (AvgIpc) is 2.54. The van der Waals surface area contributed by atoms with Crippen LogP contribution in [0.5, 0.6) is 0 Å². The molecule has 1 aromatic heterocycles. The van der Waals surface area contributed by atoms with Crippen molar-refractivity contribution in [3.8, 4) is 0 Å². The molecule has 2 aromatic rings. The molecule has 0 aliphatic carbocycles. The van der Waals surface area contributed by atoms with E-state index < -0.39 is 6.10 Å². The van der Waals surface area contributed by atoms with Gasteiger partial charge >= 0.3 is 0 Å². The van der Waals surface area contributed by atoms with E-state index >= 15 is 0 Å². The second-order valence-corrected chi connectivity index (χ2v) is 5.26. The number of nitrogens with zero attached hydrogens (tertiary/aromatic N) is 1. The smallest absolute Gasteiger partial charge is 0.244 e. The number of hydrogen-bond donors (Lipinski definition) is 2. The van der Waals surface area contributed by atoms with E-state index in [9.17, 15) is 9.90 Å². The highest BCUT2D eigenvalue weighted by molar-refractivity contribution is 6.31. The Bertz CT molecular complexity index is 672. The van der Waals surface area contributed by atoms with Gasteiger partial charge in [0.05, 0.1) is 5.69 Å². The van der Waals surface area contributed by atoms with Crippen LogP contribution in [0.2, 0.25) is 5.02 Å². The standard InChI is InChI=1S/C17H17ClN2O2/c1-12-5-6-13(10-14(12)18)7-8-17(22)20-11-16(21)15-4-2-3-9-19-15/h2-10,16,21H,11H2,1H3,(H,20,22). The van der Waals surface area contributed by atoms with Crippen molar-refractivity contribution < 1.29 is 9.90 Å². The van der Waals surface area contributed by atoms with E-state index in [1.54, 1.807) is 36.5 Å². The van der Waals surface area contributed by atoms with Gasteiger partial charge in [-0.1, -0.05) is 29.8 Å². The number of pyridine rings is 1. The fourth-order valence-electron chi connectivity index (χ4n) is 1.82. The monoisotopic (exact) mass is 316 g/mol. The molecule has 2 rings (SSSR count). The Labute approximate surface area is 134 Å². The minimum atomic E-state index is -0.827. The van der Waals surface area contributed by atoms with Crippen LogP contribution in [-0.2, 0) is 4.79 Å². The molecule has 1 unspecified atom stereocenters. The zero-order valence-corrected chi connectivity index (χ0v) is 12.9. The number of benzene rings is 1. The molecule has 1 atom stereocenters. The first-order valence-corrected chi connectivity index (χ1v) is 7.25. The van der Waals surface area contributed by atoms with Gasteiger partial charge in [0, 0.05) is 23.8 Å². The summed E-state index contributed by atoms with van der Waals surface area (Å²) >= 11 is 6.03. The lowest BCUT2D eigenvalue weighted by Crippen LogP contribution is -2.27. The molecule has 1 amide bonds. The van der Waals surface area contributed by atoms with Crippen molar-refractivity contribution in [2.45, 2.75) is 13.0 Å². The highest BCUT2D eigenvalue weighted by atomic mass is 35.5. The fourth-order valence-corrected chi connectivity index (χ4v) is 2.01. The number of amides is 1. The van der Waals surface area contributed by atoms with E-state index in [4.69, 9.17) is 11.6 Å². The third kappa shape index (κ3) is 4.69. The number of aryl methyl sites for hydroxylation is 1. The molecule has 0 radical (unpaired) electrons. The van der Waals surface area contributed by atoms with E-state index in [1.807, 2.05) is 19.1 Å². The van der Waals surface area contributed by atoms with Crippen molar-refractivity contribution in [3.63, 3.8) is 0 Å². The van der Waals surface area contributed by atoms with Crippen molar-refractivity contribution in [1.82, 2.24) is 10.3 Å². The summed E-state index contributed by atoms with van der Waals surface area (Å²) in [4.78, 5) is 15.8. The van der Waals surface area contributed by atoms with Crippen LogP contribution in [0.1, 0.15) is 22.9 Å². The molecule has 0 aliphatic heterocycles. The summed E-state index contributed by atoms with van der Waals surface area (Å²) in [6.45, 7) is 2.02. The number of rotatable bonds is 5. The van der Waals surface area contributed by atoms with Crippen LogP contribution in [0.25, 0.3) is 6.08 Å². The molecule has 4 nitrogen and oxygen atoms in total. The normalized spacial score (nSPS) is 12.3. The van der Waals surface area contributed by atoms with Crippen LogP contribution >= 0.6 is 11.6 Å². The van der Waals surface area contributed by atoms with E-state index in [2.05, 4.69) is 10.3 Å². The number of carbonyl (C=O) groups excluding carboxylic acids is 1. The summed E-state index contributed by atoms with van der Waals surface area (Å²) in [5.41, 5.74) is 2.36. The predicted molar refractivity (Wildman–Crippen MR) is 87.4 cm³/mol. The van der Waals surface area contributed by atoms with Crippen molar-refractivity contribution >= 4 is 23.6 Å². The van der Waals surface area contributed by atoms with Gasteiger partial charge in [0.15, 0.2) is 0 Å². The van der Waals surface area contributed by atoms with Crippen molar-refractivity contribution in [2.75, 3.05) is 6.54 Å². The molecule has 0 bridgehead atoms. The lowest BCUT2D eigenvalue weighted by Gasteiger charge is -2.09. The molecular weight excluding hydrogens is 300 g/mol. The van der Waals surface area contributed by atoms with E-state index in [1.165, 1.54) is 6.08 Å². The maximum absolute atomic E-state index is 11.7. The summed E-state index contributed by atoms with van der Waals surface area (Å²) in [7, 11) is 0. The minimum absolute atomic E-state index is 0.106. The lowest BCUT2D eigenvalue weighted by molar-refractivity contribution is -0.116. The number of aromatic nitrogens is 1. The van der Waals surface area contributed by atoms with Gasteiger partial charge in [-0.25, -0.2) is 0 Å². The molecule has 114 valence electrons. The summed E-state index contributed by atoms with van der Waals surface area (Å²) in [6, 6.07) is 10.8. The molecule has 5 heteroatoms. The Kier molecular flexibility index (Phi) is 5.69. The molecule has 22 heavy (non-hydrogen) atoms. The van der Waals surface area contributed by atoms with Gasteiger partial charge in [0.2, 0.25) is 5.91 Å². The Hall–Kier alpha value is -2.17. The van der Waals surface area contributed by atoms with Gasteiger partial charge in [-0.05, 0) is 42.3 Å². The number of carbonyl (C=O) groups is 1. The van der Waals surface area contributed by atoms with Crippen LogP contribution in [-0.4, -0.2) is 22.5 Å². The van der Waals surface area contributed by atoms with Gasteiger partial charge in [0.1, 0.15) is 6.10 Å². The second-order valence-electron chi connectivity index (χ2n) is 4.86. The summed E-state index contributed by atoms with van der Waals surface area (Å²) in [5.74, 6) is -0.285. The van der Waals surface area contributed by atoms with Crippen molar-refractivity contribution in [2.24, 2.45) is 0 Å². The zero-order valence-electron chi connectivity index (χ0n) is 12.2. The molecule has 2 N–H and O–H groups in total. The zero-order chi connectivity index (χ0) is 15.9. The first kappa shape index (κ1) is 16.2. The van der Waals surface area contributed by atoms with E-state index in [0.29, 0.717) is 10.7 Å². The topological polar surface area (TPSA) is 62.2 Å². The third-order valence-electron chi connectivity index (χ3n) is 3.12. The third-order valence-corrected chi connectivity index (χ3v) is 3.53. The van der Waals surface area contributed by atoms with Crippen molar-refractivity contribution in [1.29, 1.82) is 0 Å². The highest BCUT2D eigenvalue weighted by Crippen LogP contribution is 2.17. The molecular formula is C17H17ClN2O2. The van der Waals surface area contributed by atoms with Gasteiger partial charge < -0.3 is 10.4 Å². The molecule has 0 aliphatic rings. The Morgan fingerprint density at radius 1 is 1.41 bits per heavy atom. The van der Waals surface area contributed by atoms with Gasteiger partial charge in [-0.2, -0.15) is 0 Å². The Morgan fingerprint density at radius 3 is 2.91 bits per heavy atom. The number of halogens is 1. The molecule has 1 aromatic carbocycles. The number of aliphatic hydroxyl groups excluding tert-OH is 1. The number of aliphatic hydroxyl groups is 1. The predicted octanol–water partition coefficient (Wildman–Crippen LogP) is 2.91. The SMILES string of the molecule is Cc1ccc(C=CC(=O)NCC(O)c2ccccn2)cc1Cl.